The molecule has 0 aliphatic carbocycles. The maximum Gasteiger partial charge on any atom is 0.307 e. The van der Waals surface area contributed by atoms with Crippen LogP contribution in [-0.2, 0) is 35.5 Å². The van der Waals surface area contributed by atoms with Crippen LogP contribution in [0.15, 0.2) is 113 Å². The zero-order valence-corrected chi connectivity index (χ0v) is 37.0. The summed E-state index contributed by atoms with van der Waals surface area (Å²) in [5.74, 6) is -2.12. The third-order valence-corrected chi connectivity index (χ3v) is 13.2. The van der Waals surface area contributed by atoms with E-state index in [1.807, 2.05) is 96.9 Å². The Balaban J connectivity index is 0.000000180. The average molecular weight is 945 g/mol. The van der Waals surface area contributed by atoms with Gasteiger partial charge in [-0.3, -0.25) is 9.59 Å². The average Bonchev–Trinajstić information content (AvgIpc) is 3.97. The maximum atomic E-state index is 14.0. The number of carboxylic acid groups (broad SMARTS) is 2. The number of carboxylic acids is 2. The fourth-order valence-electron chi connectivity index (χ4n) is 7.43. The molecule has 9 aromatic rings. The van der Waals surface area contributed by atoms with Gasteiger partial charge < -0.3 is 30.8 Å². The summed E-state index contributed by atoms with van der Waals surface area (Å²) in [6.45, 7) is 5.09. The number of aromatic nitrogens is 2. The number of carbonyl (C=O) groups is 2. The van der Waals surface area contributed by atoms with E-state index in [0.717, 1.165) is 79.3 Å². The molecule has 0 atom stereocenters. The first kappa shape index (κ1) is 42.7. The number of nitrogens with two attached hydrogens (primary N) is 2. The number of hydrogen-bond acceptors (Lipinski definition) is 6. The van der Waals surface area contributed by atoms with Crippen LogP contribution in [0.2, 0.25) is 10.0 Å². The third-order valence-electron chi connectivity index (χ3n) is 9.87. The summed E-state index contributed by atoms with van der Waals surface area (Å²) in [6.07, 6.45) is 3.70. The number of rotatable bonds is 9. The first-order valence-corrected chi connectivity index (χ1v) is 22.1. The predicted molar refractivity (Wildman–Crippen MR) is 252 cm³/mol. The molecule has 8 nitrogen and oxygen atoms in total. The zero-order valence-electron chi connectivity index (χ0n) is 32.3. The molecule has 0 radical (unpaired) electrons. The van der Waals surface area contributed by atoms with Crippen LogP contribution in [-0.4, -0.2) is 31.3 Å². The van der Waals surface area contributed by atoms with Crippen molar-refractivity contribution < 1.29 is 24.2 Å². The summed E-state index contributed by atoms with van der Waals surface area (Å²) < 4.78 is 21.1. The van der Waals surface area contributed by atoms with E-state index in [2.05, 4.69) is 31.9 Å². The molecule has 4 aromatic heterocycles. The van der Waals surface area contributed by atoms with Crippen LogP contribution in [0.5, 0.6) is 0 Å². The minimum Gasteiger partial charge on any atom is -0.481 e. The molecular weight excluding hydrogens is 906 g/mol. The molecule has 5 aromatic carbocycles. The summed E-state index contributed by atoms with van der Waals surface area (Å²) in [5.41, 5.74) is 20.3. The normalized spacial score (nSPS) is 11.2. The van der Waals surface area contributed by atoms with Gasteiger partial charge >= 0.3 is 11.9 Å². The Morgan fingerprint density at radius 2 is 1.28 bits per heavy atom. The second kappa shape index (κ2) is 18.1. The summed E-state index contributed by atoms with van der Waals surface area (Å²) >= 11 is 19.3. The van der Waals surface area contributed by atoms with Crippen LogP contribution >= 0.6 is 61.8 Å². The highest BCUT2D eigenvalue weighted by Gasteiger charge is 2.17. The second-order valence-corrected chi connectivity index (χ2v) is 17.4. The summed E-state index contributed by atoms with van der Waals surface area (Å²) in [6, 6.07) is 25.9. The zero-order chi connectivity index (χ0) is 42.8. The molecular formula is C46H38BrCl2FN4O4S2. The minimum atomic E-state index is -0.906. The highest BCUT2D eigenvalue weighted by molar-refractivity contribution is 9.10. The van der Waals surface area contributed by atoms with E-state index in [9.17, 15) is 24.2 Å². The SMILES string of the molecule is CC.Nc1cc(N)cc(-c2ccc3c(CC(=O)O)cn(Cc4csc5c(Cl)cc(F)cc45)c3c2)c1.O=C(O)Cc1cn(Cc2csc3cccc(Cl)c23)c2cc(Br)ccc12. The van der Waals surface area contributed by atoms with Crippen molar-refractivity contribution in [3.05, 3.63) is 151 Å². The molecule has 0 aliphatic heterocycles. The van der Waals surface area contributed by atoms with Crippen molar-refractivity contribution in [3.63, 3.8) is 0 Å². The fourth-order valence-corrected chi connectivity index (χ4v) is 10.4. The maximum absolute atomic E-state index is 14.0. The van der Waals surface area contributed by atoms with E-state index < -0.39 is 17.8 Å². The van der Waals surface area contributed by atoms with Crippen molar-refractivity contribution in [1.82, 2.24) is 9.13 Å². The monoisotopic (exact) mass is 942 g/mol. The highest BCUT2D eigenvalue weighted by Crippen LogP contribution is 2.37. The fraction of sp³-hybridized carbons (Fsp3) is 0.130. The number of hydrogen-bond donors (Lipinski definition) is 4. The molecule has 60 heavy (non-hydrogen) atoms. The molecule has 0 aliphatic rings. The lowest BCUT2D eigenvalue weighted by Gasteiger charge is -2.09. The lowest BCUT2D eigenvalue weighted by atomic mass is 10.0. The van der Waals surface area contributed by atoms with Gasteiger partial charge in [-0.1, -0.05) is 77.2 Å². The van der Waals surface area contributed by atoms with Crippen LogP contribution in [0.25, 0.3) is 53.1 Å². The van der Waals surface area contributed by atoms with E-state index >= 15 is 0 Å². The molecule has 6 N–H and O–H groups in total. The highest BCUT2D eigenvalue weighted by atomic mass is 79.9. The third kappa shape index (κ3) is 9.03. The van der Waals surface area contributed by atoms with Crippen LogP contribution in [0.3, 0.4) is 0 Å². The number of nitrogens with zero attached hydrogens (tertiary/aromatic N) is 2. The van der Waals surface area contributed by atoms with E-state index in [0.29, 0.717) is 35.1 Å². The first-order valence-electron chi connectivity index (χ1n) is 18.8. The van der Waals surface area contributed by atoms with E-state index in [1.165, 1.54) is 23.5 Å². The molecule has 0 fully saturated rings. The van der Waals surface area contributed by atoms with Gasteiger partial charge in [-0.05, 0) is 105 Å². The molecule has 0 saturated heterocycles. The second-order valence-electron chi connectivity index (χ2n) is 13.9. The Labute approximate surface area is 371 Å². The number of aliphatic carboxylic acids is 2. The van der Waals surface area contributed by atoms with E-state index in [-0.39, 0.29) is 12.8 Å². The van der Waals surface area contributed by atoms with Gasteiger partial charge in [0.1, 0.15) is 5.82 Å². The van der Waals surface area contributed by atoms with Crippen LogP contribution in [0.1, 0.15) is 36.1 Å². The molecule has 306 valence electrons. The van der Waals surface area contributed by atoms with Crippen molar-refractivity contribution in [1.29, 1.82) is 0 Å². The Morgan fingerprint density at radius 3 is 1.93 bits per heavy atom. The molecule has 0 amide bonds. The summed E-state index contributed by atoms with van der Waals surface area (Å²) in [7, 11) is 0. The van der Waals surface area contributed by atoms with Crippen LogP contribution in [0, 0.1) is 5.82 Å². The standard InChI is InChI=1S/C25H19ClFN3O2S.C19H13BrClNO2S.C2H6/c26-22-8-17(27)7-21-16(12-33-25(21)22)11-30-10-15(6-24(31)32)20-2-1-13(5-23(20)30)14-3-18(28)9-19(29)4-14;20-13-4-5-14-11(6-18(23)24)8-22(16(14)7-13)9-12-10-25-17-3-1-2-15(21)19(12)17;1-2/h1-5,7-10,12H,6,11,28-29H2,(H,31,32);1-5,7-8,10H,6,9H2,(H,23,24);1-2H3. The van der Waals surface area contributed by atoms with E-state index in [4.69, 9.17) is 34.7 Å². The van der Waals surface area contributed by atoms with Gasteiger partial charge in [0.05, 0.1) is 22.6 Å². The topological polar surface area (TPSA) is 136 Å². The Bertz CT molecular complexity index is 3060. The van der Waals surface area contributed by atoms with Gasteiger partial charge in [-0.25, -0.2) is 4.39 Å². The molecule has 0 bridgehead atoms. The van der Waals surface area contributed by atoms with Crippen LogP contribution in [0.4, 0.5) is 15.8 Å². The summed E-state index contributed by atoms with van der Waals surface area (Å²) in [4.78, 5) is 22.7. The molecule has 0 unspecified atom stereocenters. The lowest BCUT2D eigenvalue weighted by Crippen LogP contribution is -2.00. The smallest absolute Gasteiger partial charge is 0.307 e. The van der Waals surface area contributed by atoms with Crippen molar-refractivity contribution in [2.75, 3.05) is 11.5 Å². The number of nitrogen functional groups attached to an aromatic ring is 2. The van der Waals surface area contributed by atoms with E-state index in [1.54, 1.807) is 17.4 Å². The summed E-state index contributed by atoms with van der Waals surface area (Å²) in [5, 5.41) is 27.4. The minimum absolute atomic E-state index is 0.0102. The van der Waals surface area contributed by atoms with Gasteiger partial charge in [-0.2, -0.15) is 0 Å². The molecule has 4 heterocycles. The lowest BCUT2D eigenvalue weighted by molar-refractivity contribution is -0.137. The molecule has 0 saturated carbocycles. The number of fused-ring (bicyclic) bond motifs is 4. The quantitative estimate of drug-likeness (QED) is 0.106. The largest absolute Gasteiger partial charge is 0.481 e. The molecule has 9 rings (SSSR count). The van der Waals surface area contributed by atoms with Crippen molar-refractivity contribution in [3.8, 4) is 11.1 Å². The number of halogens is 4. The predicted octanol–water partition coefficient (Wildman–Crippen LogP) is 13.1. The Morgan fingerprint density at radius 1 is 0.683 bits per heavy atom. The Hall–Kier alpha value is -5.37. The van der Waals surface area contributed by atoms with Crippen molar-refractivity contribution in [2.45, 2.75) is 39.8 Å². The van der Waals surface area contributed by atoms with Gasteiger partial charge in [0.25, 0.3) is 0 Å². The number of anilines is 2. The van der Waals surface area contributed by atoms with Gasteiger partial charge in [0.2, 0.25) is 0 Å². The van der Waals surface area contributed by atoms with Crippen LogP contribution < -0.4 is 11.5 Å². The molecule has 0 spiro atoms. The van der Waals surface area contributed by atoms with Gasteiger partial charge in [0.15, 0.2) is 0 Å². The van der Waals surface area contributed by atoms with Crippen molar-refractivity contribution in [2.24, 2.45) is 0 Å². The molecule has 14 heteroatoms. The van der Waals surface area contributed by atoms with Crippen molar-refractivity contribution >= 4 is 127 Å². The number of benzene rings is 5. The Kier molecular flexibility index (Phi) is 12.9. The van der Waals surface area contributed by atoms with Gasteiger partial charge in [0, 0.05) is 83.6 Å². The first-order chi connectivity index (χ1) is 28.8. The van der Waals surface area contributed by atoms with Gasteiger partial charge in [-0.15, -0.1) is 22.7 Å². The number of thiophene rings is 2.